The van der Waals surface area contributed by atoms with Crippen molar-refractivity contribution in [2.45, 2.75) is 71.6 Å². The third kappa shape index (κ3) is 5.71. The number of aliphatic imine (C=N–C) groups is 1. The summed E-state index contributed by atoms with van der Waals surface area (Å²) < 4.78 is 0. The highest BCUT2D eigenvalue weighted by atomic mass is 15.2. The Bertz CT molecular complexity index is 634. The Morgan fingerprint density at radius 3 is 2.46 bits per heavy atom. The van der Waals surface area contributed by atoms with Gasteiger partial charge in [0.15, 0.2) is 5.96 Å². The lowest BCUT2D eigenvalue weighted by atomic mass is 9.99. The van der Waals surface area contributed by atoms with E-state index in [0.717, 1.165) is 38.6 Å². The number of nitrogens with zero attached hydrogens (tertiary/aromatic N) is 3. The minimum Gasteiger partial charge on any atom is -0.357 e. The predicted molar refractivity (Wildman–Crippen MR) is 119 cm³/mol. The Kier molecular flexibility index (Phi) is 7.74. The Morgan fingerprint density at radius 1 is 1.07 bits per heavy atom. The first-order valence-electron chi connectivity index (χ1n) is 11.2. The zero-order chi connectivity index (χ0) is 19.9. The van der Waals surface area contributed by atoms with Crippen molar-refractivity contribution in [3.8, 4) is 0 Å². The van der Waals surface area contributed by atoms with Crippen molar-refractivity contribution in [3.63, 3.8) is 0 Å². The van der Waals surface area contributed by atoms with Crippen LogP contribution in [0.5, 0.6) is 0 Å². The third-order valence-electron chi connectivity index (χ3n) is 6.24. The SMILES string of the molecule is CCNC(=NCC(C)N1CCc2ccccc2C1)NC1CCN(C(C)C)CC1. The van der Waals surface area contributed by atoms with Crippen molar-refractivity contribution >= 4 is 5.96 Å². The summed E-state index contributed by atoms with van der Waals surface area (Å²) in [6, 6.07) is 10.5. The van der Waals surface area contributed by atoms with Crippen LogP contribution in [0.3, 0.4) is 0 Å². The lowest BCUT2D eigenvalue weighted by Gasteiger charge is -2.35. The molecule has 1 saturated heterocycles. The summed E-state index contributed by atoms with van der Waals surface area (Å²) in [6.45, 7) is 15.3. The lowest BCUT2D eigenvalue weighted by molar-refractivity contribution is 0.167. The van der Waals surface area contributed by atoms with Gasteiger partial charge in [-0.15, -0.1) is 0 Å². The molecule has 1 aromatic rings. The van der Waals surface area contributed by atoms with Crippen molar-refractivity contribution in [1.82, 2.24) is 20.4 Å². The Hall–Kier alpha value is -1.59. The van der Waals surface area contributed by atoms with Crippen molar-refractivity contribution in [2.24, 2.45) is 4.99 Å². The molecular weight excluding hydrogens is 346 g/mol. The molecule has 0 spiro atoms. The fraction of sp³-hybridized carbons (Fsp3) is 0.696. The van der Waals surface area contributed by atoms with Crippen LogP contribution in [0.25, 0.3) is 0 Å². The maximum Gasteiger partial charge on any atom is 0.191 e. The molecule has 156 valence electrons. The van der Waals surface area contributed by atoms with Gasteiger partial charge in [0.1, 0.15) is 0 Å². The van der Waals surface area contributed by atoms with Gasteiger partial charge in [-0.2, -0.15) is 0 Å². The van der Waals surface area contributed by atoms with E-state index in [0.29, 0.717) is 18.1 Å². The van der Waals surface area contributed by atoms with Crippen LogP contribution < -0.4 is 10.6 Å². The molecule has 5 heteroatoms. The van der Waals surface area contributed by atoms with Crippen LogP contribution in [-0.4, -0.2) is 66.6 Å². The molecule has 1 unspecified atom stereocenters. The molecule has 5 nitrogen and oxygen atoms in total. The molecule has 0 amide bonds. The van der Waals surface area contributed by atoms with E-state index >= 15 is 0 Å². The molecule has 0 saturated carbocycles. The molecule has 1 fully saturated rings. The summed E-state index contributed by atoms with van der Waals surface area (Å²) >= 11 is 0. The number of hydrogen-bond donors (Lipinski definition) is 2. The summed E-state index contributed by atoms with van der Waals surface area (Å²) in [7, 11) is 0. The quantitative estimate of drug-likeness (QED) is 0.584. The molecule has 28 heavy (non-hydrogen) atoms. The van der Waals surface area contributed by atoms with Gasteiger partial charge < -0.3 is 15.5 Å². The van der Waals surface area contributed by atoms with Gasteiger partial charge in [-0.1, -0.05) is 24.3 Å². The Labute approximate surface area is 171 Å². The topological polar surface area (TPSA) is 42.9 Å². The zero-order valence-electron chi connectivity index (χ0n) is 18.2. The van der Waals surface area contributed by atoms with Crippen molar-refractivity contribution < 1.29 is 0 Å². The number of fused-ring (bicyclic) bond motifs is 1. The smallest absolute Gasteiger partial charge is 0.191 e. The molecule has 0 aromatic heterocycles. The summed E-state index contributed by atoms with van der Waals surface area (Å²) in [5, 5.41) is 7.13. The molecule has 1 atom stereocenters. The fourth-order valence-corrected chi connectivity index (χ4v) is 4.31. The molecule has 2 aliphatic rings. The summed E-state index contributed by atoms with van der Waals surface area (Å²) in [5.74, 6) is 0.981. The number of likely N-dealkylation sites (tertiary alicyclic amines) is 1. The normalized spacial score (nSPS) is 20.8. The minimum absolute atomic E-state index is 0.451. The van der Waals surface area contributed by atoms with Crippen LogP contribution in [0.1, 0.15) is 51.7 Å². The maximum absolute atomic E-state index is 4.93. The van der Waals surface area contributed by atoms with E-state index in [-0.39, 0.29) is 0 Å². The molecule has 3 rings (SSSR count). The number of nitrogens with one attached hydrogen (secondary N) is 2. The van der Waals surface area contributed by atoms with E-state index in [1.165, 1.54) is 37.1 Å². The number of hydrogen-bond acceptors (Lipinski definition) is 3. The van der Waals surface area contributed by atoms with E-state index in [1.54, 1.807) is 0 Å². The van der Waals surface area contributed by atoms with Crippen LogP contribution >= 0.6 is 0 Å². The highest BCUT2D eigenvalue weighted by Crippen LogP contribution is 2.20. The van der Waals surface area contributed by atoms with Crippen LogP contribution in [0, 0.1) is 0 Å². The fourth-order valence-electron chi connectivity index (χ4n) is 4.31. The molecule has 0 aliphatic carbocycles. The molecule has 0 bridgehead atoms. The highest BCUT2D eigenvalue weighted by molar-refractivity contribution is 5.80. The maximum atomic E-state index is 4.93. The van der Waals surface area contributed by atoms with Crippen LogP contribution in [0.2, 0.25) is 0 Å². The first kappa shape index (κ1) is 21.1. The molecule has 0 radical (unpaired) electrons. The predicted octanol–water partition coefficient (Wildman–Crippen LogP) is 2.86. The highest BCUT2D eigenvalue weighted by Gasteiger charge is 2.22. The summed E-state index contributed by atoms with van der Waals surface area (Å²) in [4.78, 5) is 10.1. The van der Waals surface area contributed by atoms with Crippen LogP contribution in [0.4, 0.5) is 0 Å². The van der Waals surface area contributed by atoms with E-state index in [1.807, 2.05) is 0 Å². The van der Waals surface area contributed by atoms with Gasteiger partial charge in [-0.05, 0) is 58.1 Å². The second-order valence-corrected chi connectivity index (χ2v) is 8.61. The minimum atomic E-state index is 0.451. The second-order valence-electron chi connectivity index (χ2n) is 8.61. The van der Waals surface area contributed by atoms with Crippen LogP contribution in [-0.2, 0) is 13.0 Å². The zero-order valence-corrected chi connectivity index (χ0v) is 18.2. The first-order chi connectivity index (χ1) is 13.6. The first-order valence-corrected chi connectivity index (χ1v) is 11.2. The van der Waals surface area contributed by atoms with Gasteiger partial charge >= 0.3 is 0 Å². The lowest BCUT2D eigenvalue weighted by Crippen LogP contribution is -2.50. The van der Waals surface area contributed by atoms with E-state index < -0.39 is 0 Å². The van der Waals surface area contributed by atoms with Gasteiger partial charge in [-0.3, -0.25) is 9.89 Å². The summed E-state index contributed by atoms with van der Waals surface area (Å²) in [6.07, 6.45) is 3.54. The van der Waals surface area contributed by atoms with E-state index in [2.05, 4.69) is 72.4 Å². The largest absolute Gasteiger partial charge is 0.357 e. The molecular formula is C23H39N5. The average Bonchev–Trinajstić information content (AvgIpc) is 2.72. The standard InChI is InChI=1S/C23H39N5/c1-5-24-23(26-22-11-14-27(15-12-22)18(2)3)25-16-19(4)28-13-10-20-8-6-7-9-21(20)17-28/h6-9,18-19,22H,5,10-17H2,1-4H3,(H2,24,25,26). The van der Waals surface area contributed by atoms with E-state index in [9.17, 15) is 0 Å². The molecule has 1 aromatic carbocycles. The van der Waals surface area contributed by atoms with Gasteiger partial charge in [0.25, 0.3) is 0 Å². The van der Waals surface area contributed by atoms with Crippen molar-refractivity contribution in [2.75, 3.05) is 32.7 Å². The average molecular weight is 386 g/mol. The summed E-state index contributed by atoms with van der Waals surface area (Å²) in [5.41, 5.74) is 2.99. The van der Waals surface area contributed by atoms with Gasteiger partial charge in [0.05, 0.1) is 6.54 Å². The van der Waals surface area contributed by atoms with E-state index in [4.69, 9.17) is 4.99 Å². The Balaban J connectivity index is 1.51. The molecule has 2 heterocycles. The third-order valence-corrected chi connectivity index (χ3v) is 6.24. The van der Waals surface area contributed by atoms with Crippen molar-refractivity contribution in [3.05, 3.63) is 35.4 Å². The second kappa shape index (κ2) is 10.3. The number of guanidine groups is 1. The monoisotopic (exact) mass is 385 g/mol. The molecule has 2 aliphatic heterocycles. The van der Waals surface area contributed by atoms with Crippen LogP contribution in [0.15, 0.2) is 29.3 Å². The van der Waals surface area contributed by atoms with Crippen molar-refractivity contribution in [1.29, 1.82) is 0 Å². The molecule has 2 N–H and O–H groups in total. The van der Waals surface area contributed by atoms with Gasteiger partial charge in [0, 0.05) is 50.8 Å². The number of piperidine rings is 1. The van der Waals surface area contributed by atoms with Gasteiger partial charge in [-0.25, -0.2) is 0 Å². The number of rotatable bonds is 6. The number of benzene rings is 1. The Morgan fingerprint density at radius 2 is 1.79 bits per heavy atom. The van der Waals surface area contributed by atoms with Gasteiger partial charge in [0.2, 0.25) is 0 Å².